The summed E-state index contributed by atoms with van der Waals surface area (Å²) >= 11 is 9.56. The van der Waals surface area contributed by atoms with E-state index in [9.17, 15) is 4.79 Å². The molecular formula is C26H34BrClFN5O4. The zero-order valence-corrected chi connectivity index (χ0v) is 24.6. The predicted octanol–water partition coefficient (Wildman–Crippen LogP) is 4.73. The molecule has 3 aliphatic rings. The number of ether oxygens (including phenoxy) is 3. The number of hydrogen-bond acceptors (Lipinski definition) is 8. The summed E-state index contributed by atoms with van der Waals surface area (Å²) in [5, 5.41) is 0.802. The number of carbonyl (C=O) groups is 1. The summed E-state index contributed by atoms with van der Waals surface area (Å²) in [6, 6.07) is 1.89. The van der Waals surface area contributed by atoms with Crippen LogP contribution in [0.4, 0.5) is 15.0 Å². The molecule has 0 N–H and O–H groups in total. The van der Waals surface area contributed by atoms with Crippen LogP contribution in [0.3, 0.4) is 0 Å². The Morgan fingerprint density at radius 3 is 2.63 bits per heavy atom. The Labute approximate surface area is 235 Å². The Hall–Kier alpha value is -1.95. The van der Waals surface area contributed by atoms with E-state index in [-0.39, 0.29) is 38.6 Å². The second-order valence-corrected chi connectivity index (χ2v) is 12.8. The standard InChI is InChI=1S/C26H34BrClFN5O4/c1-25(2,3)38-24(35)34-14-26(15-34)5-7-33(8-6-26)22-17-11-18(28)19(27)20(29)21(17)30-23(31-22)37-13-16-12-36-10-9-32(16)4/h11,16H,5-10,12-15H2,1-4H3/t16-/m1/s1. The molecule has 38 heavy (non-hydrogen) atoms. The van der Waals surface area contributed by atoms with Crippen LogP contribution in [-0.2, 0) is 9.47 Å². The van der Waals surface area contributed by atoms with Crippen molar-refractivity contribution in [1.29, 1.82) is 0 Å². The van der Waals surface area contributed by atoms with E-state index in [1.54, 1.807) is 11.0 Å². The molecule has 1 aromatic heterocycles. The molecule has 3 aliphatic heterocycles. The zero-order valence-electron chi connectivity index (χ0n) is 22.2. The molecule has 1 amide bonds. The summed E-state index contributed by atoms with van der Waals surface area (Å²) < 4.78 is 32.5. The van der Waals surface area contributed by atoms with Gasteiger partial charge in [-0.2, -0.15) is 9.97 Å². The van der Waals surface area contributed by atoms with Crippen LogP contribution in [0.25, 0.3) is 10.9 Å². The summed E-state index contributed by atoms with van der Waals surface area (Å²) in [6.07, 6.45) is 1.49. The number of halogens is 3. The molecule has 4 heterocycles. The maximum Gasteiger partial charge on any atom is 0.410 e. The van der Waals surface area contributed by atoms with Gasteiger partial charge in [-0.3, -0.25) is 4.90 Å². The zero-order chi connectivity index (χ0) is 27.2. The lowest BCUT2D eigenvalue weighted by molar-refractivity contribution is -0.0434. The van der Waals surface area contributed by atoms with E-state index in [1.807, 2.05) is 27.8 Å². The average Bonchev–Trinajstić information content (AvgIpc) is 2.84. The van der Waals surface area contributed by atoms with Crippen molar-refractivity contribution < 1.29 is 23.4 Å². The van der Waals surface area contributed by atoms with Crippen molar-refractivity contribution in [1.82, 2.24) is 19.8 Å². The summed E-state index contributed by atoms with van der Waals surface area (Å²) in [4.78, 5) is 27.6. The number of piperidine rings is 1. The third kappa shape index (κ3) is 5.66. The molecule has 1 atom stereocenters. The van der Waals surface area contributed by atoms with Gasteiger partial charge in [0.1, 0.15) is 23.5 Å². The van der Waals surface area contributed by atoms with Crippen LogP contribution in [0, 0.1) is 11.2 Å². The van der Waals surface area contributed by atoms with Gasteiger partial charge in [-0.15, -0.1) is 0 Å². The first-order chi connectivity index (χ1) is 17.9. The minimum Gasteiger partial charge on any atom is -0.462 e. The lowest BCUT2D eigenvalue weighted by atomic mass is 9.72. The molecule has 0 bridgehead atoms. The van der Waals surface area contributed by atoms with E-state index in [2.05, 4.69) is 30.7 Å². The SMILES string of the molecule is CN1CCOC[C@@H]1COc1nc(N2CCC3(CC2)CN(C(=O)OC(C)(C)C)C3)c2cc(Cl)c(Br)c(F)c2n1. The number of likely N-dealkylation sites (N-methyl/N-ethyl adjacent to an activating group) is 1. The van der Waals surface area contributed by atoms with Crippen LogP contribution in [0.5, 0.6) is 6.01 Å². The maximum atomic E-state index is 15.3. The second kappa shape index (κ2) is 10.6. The van der Waals surface area contributed by atoms with Crippen molar-refractivity contribution in [3.63, 3.8) is 0 Å². The highest BCUT2D eigenvalue weighted by atomic mass is 79.9. The first-order valence-electron chi connectivity index (χ1n) is 12.9. The lowest BCUT2D eigenvalue weighted by Crippen LogP contribution is -2.62. The number of likely N-dealkylation sites (tertiary alicyclic amines) is 1. The van der Waals surface area contributed by atoms with Crippen LogP contribution in [0.2, 0.25) is 5.02 Å². The minimum absolute atomic E-state index is 0.0626. The number of hydrogen-bond donors (Lipinski definition) is 0. The van der Waals surface area contributed by atoms with Crippen LogP contribution in [-0.4, -0.2) is 97.1 Å². The molecule has 0 unspecified atom stereocenters. The quantitative estimate of drug-likeness (QED) is 0.458. The molecule has 0 aliphatic carbocycles. The number of benzene rings is 1. The van der Waals surface area contributed by atoms with Gasteiger partial charge in [0, 0.05) is 43.5 Å². The largest absolute Gasteiger partial charge is 0.462 e. The van der Waals surface area contributed by atoms with Crippen molar-refractivity contribution in [3.05, 3.63) is 21.4 Å². The fraction of sp³-hybridized carbons (Fsp3) is 0.654. The van der Waals surface area contributed by atoms with Crippen LogP contribution < -0.4 is 9.64 Å². The van der Waals surface area contributed by atoms with Crippen molar-refractivity contribution >= 4 is 50.3 Å². The Morgan fingerprint density at radius 1 is 1.26 bits per heavy atom. The van der Waals surface area contributed by atoms with Gasteiger partial charge < -0.3 is 24.0 Å². The van der Waals surface area contributed by atoms with E-state index in [0.29, 0.717) is 57.2 Å². The molecule has 1 spiro atoms. The van der Waals surface area contributed by atoms with E-state index >= 15 is 4.39 Å². The van der Waals surface area contributed by atoms with Crippen LogP contribution in [0.15, 0.2) is 10.5 Å². The normalized spacial score (nSPS) is 22.0. The minimum atomic E-state index is -0.542. The van der Waals surface area contributed by atoms with Gasteiger partial charge in [0.2, 0.25) is 0 Å². The third-order valence-corrected chi connectivity index (χ3v) is 8.84. The monoisotopic (exact) mass is 613 g/mol. The van der Waals surface area contributed by atoms with E-state index in [0.717, 1.165) is 19.4 Å². The molecule has 3 fully saturated rings. The summed E-state index contributed by atoms with van der Waals surface area (Å²) in [5.74, 6) is 0.0595. The number of fused-ring (bicyclic) bond motifs is 1. The smallest absolute Gasteiger partial charge is 0.410 e. The van der Waals surface area contributed by atoms with Gasteiger partial charge in [-0.1, -0.05) is 11.6 Å². The maximum absolute atomic E-state index is 15.3. The number of anilines is 1. The second-order valence-electron chi connectivity index (χ2n) is 11.6. The van der Waals surface area contributed by atoms with E-state index in [1.165, 1.54) is 0 Å². The number of nitrogens with zero attached hydrogens (tertiary/aromatic N) is 5. The molecule has 2 aromatic rings. The third-order valence-electron chi connectivity index (χ3n) is 7.54. The summed E-state index contributed by atoms with van der Waals surface area (Å²) in [7, 11) is 2.02. The Bertz CT molecular complexity index is 1210. The van der Waals surface area contributed by atoms with Crippen molar-refractivity contribution in [3.8, 4) is 6.01 Å². The molecule has 0 saturated carbocycles. The fourth-order valence-electron chi connectivity index (χ4n) is 5.25. The van der Waals surface area contributed by atoms with Gasteiger partial charge in [0.15, 0.2) is 5.82 Å². The average molecular weight is 615 g/mol. The lowest BCUT2D eigenvalue weighted by Gasteiger charge is -2.53. The number of aromatic nitrogens is 2. The molecule has 5 rings (SSSR count). The fourth-order valence-corrected chi connectivity index (χ4v) is 5.75. The molecule has 1 aromatic carbocycles. The predicted molar refractivity (Wildman–Crippen MR) is 147 cm³/mol. The Kier molecular flexibility index (Phi) is 7.67. The highest BCUT2D eigenvalue weighted by Gasteiger charge is 2.48. The van der Waals surface area contributed by atoms with Gasteiger partial charge in [-0.05, 0) is 62.7 Å². The molecule has 3 saturated heterocycles. The first kappa shape index (κ1) is 27.6. The Balaban J connectivity index is 1.33. The number of morpholine rings is 1. The van der Waals surface area contributed by atoms with Crippen LogP contribution >= 0.6 is 27.5 Å². The van der Waals surface area contributed by atoms with Gasteiger partial charge in [0.05, 0.1) is 28.8 Å². The van der Waals surface area contributed by atoms with Crippen molar-refractivity contribution in [2.45, 2.75) is 45.3 Å². The number of amides is 1. The highest BCUT2D eigenvalue weighted by molar-refractivity contribution is 9.10. The summed E-state index contributed by atoms with van der Waals surface area (Å²) in [6.45, 7) is 10.8. The summed E-state index contributed by atoms with van der Waals surface area (Å²) in [5.41, 5.74) is -0.288. The molecule has 12 heteroatoms. The first-order valence-corrected chi connectivity index (χ1v) is 14.1. The van der Waals surface area contributed by atoms with Crippen molar-refractivity contribution in [2.75, 3.05) is 64.5 Å². The Morgan fingerprint density at radius 2 is 1.97 bits per heavy atom. The van der Waals surface area contributed by atoms with Gasteiger partial charge in [-0.25, -0.2) is 9.18 Å². The molecular weight excluding hydrogens is 581 g/mol. The van der Waals surface area contributed by atoms with Crippen molar-refractivity contribution in [2.24, 2.45) is 5.41 Å². The number of carbonyl (C=O) groups excluding carboxylic acids is 1. The van der Waals surface area contributed by atoms with E-state index < -0.39 is 11.4 Å². The molecule has 208 valence electrons. The van der Waals surface area contributed by atoms with E-state index in [4.69, 9.17) is 30.8 Å². The van der Waals surface area contributed by atoms with Gasteiger partial charge >= 0.3 is 12.1 Å². The number of rotatable bonds is 4. The molecule has 0 radical (unpaired) electrons. The van der Waals surface area contributed by atoms with Crippen LogP contribution in [0.1, 0.15) is 33.6 Å². The van der Waals surface area contributed by atoms with Gasteiger partial charge in [0.25, 0.3) is 0 Å². The highest BCUT2D eigenvalue weighted by Crippen LogP contribution is 2.43. The topological polar surface area (TPSA) is 80.3 Å². The molecule has 9 nitrogen and oxygen atoms in total.